The van der Waals surface area contributed by atoms with Gasteiger partial charge in [-0.2, -0.15) is 0 Å². The number of nitro groups is 1. The molecular weight excluding hydrogens is 446 g/mol. The smallest absolute Gasteiger partial charge is 0.295 e. The molecule has 0 spiro atoms. The quantitative estimate of drug-likeness (QED) is 0.386. The zero-order valence-corrected chi connectivity index (χ0v) is 19.1. The van der Waals surface area contributed by atoms with Gasteiger partial charge in [-0.3, -0.25) is 29.2 Å². The first-order valence-electron chi connectivity index (χ1n) is 9.95. The maximum atomic E-state index is 12.8. The van der Waals surface area contributed by atoms with Crippen molar-refractivity contribution in [1.29, 1.82) is 0 Å². The van der Waals surface area contributed by atoms with Crippen LogP contribution in [0, 0.1) is 24.0 Å². The molecule has 0 saturated carbocycles. The molecule has 0 radical (unpaired) electrons. The van der Waals surface area contributed by atoms with E-state index in [1.54, 1.807) is 43.8 Å². The number of para-hydroxylation sites is 1. The van der Waals surface area contributed by atoms with Gasteiger partial charge in [0.1, 0.15) is 5.69 Å². The third-order valence-electron chi connectivity index (χ3n) is 4.99. The molecule has 2 aromatic carbocycles. The molecule has 0 bridgehead atoms. The molecule has 0 fully saturated rings. The second-order valence-corrected chi connectivity index (χ2v) is 8.27. The van der Waals surface area contributed by atoms with Gasteiger partial charge in [-0.25, -0.2) is 4.68 Å². The topological polar surface area (TPSA) is 128 Å². The summed E-state index contributed by atoms with van der Waals surface area (Å²) in [5.74, 6) is -0.873. The average Bonchev–Trinajstić information content (AvgIpc) is 2.98. The van der Waals surface area contributed by atoms with Crippen LogP contribution in [0.2, 0.25) is 0 Å². The predicted octanol–water partition coefficient (Wildman–Crippen LogP) is 3.01. The van der Waals surface area contributed by atoms with Gasteiger partial charge in [0, 0.05) is 19.2 Å². The number of carbonyl (C=O) groups excluding carboxylic acids is 2. The number of nitrogens with one attached hydrogen (secondary N) is 2. The third-order valence-corrected chi connectivity index (χ3v) is 5.92. The highest BCUT2D eigenvalue weighted by atomic mass is 32.2. The number of hydrogen-bond acceptors (Lipinski definition) is 6. The molecule has 33 heavy (non-hydrogen) atoms. The molecule has 0 aliphatic carbocycles. The normalized spacial score (nSPS) is 10.6. The van der Waals surface area contributed by atoms with Crippen LogP contribution in [-0.2, 0) is 16.6 Å². The minimum Gasteiger partial charge on any atom is -0.325 e. The number of benzene rings is 2. The Bertz CT molecular complexity index is 1270. The lowest BCUT2D eigenvalue weighted by molar-refractivity contribution is -0.384. The highest BCUT2D eigenvalue weighted by Gasteiger charge is 2.18. The van der Waals surface area contributed by atoms with Gasteiger partial charge in [0.25, 0.3) is 11.2 Å². The summed E-state index contributed by atoms with van der Waals surface area (Å²) in [6.45, 7) is 3.46. The molecule has 2 N–H and O–H groups in total. The number of anilines is 2. The Morgan fingerprint density at radius 1 is 1.03 bits per heavy atom. The van der Waals surface area contributed by atoms with Crippen molar-refractivity contribution in [3.8, 4) is 5.69 Å². The summed E-state index contributed by atoms with van der Waals surface area (Å²) < 4.78 is 3.13. The molecule has 172 valence electrons. The lowest BCUT2D eigenvalue weighted by Crippen LogP contribution is -2.24. The van der Waals surface area contributed by atoms with Crippen LogP contribution in [0.5, 0.6) is 0 Å². The summed E-state index contributed by atoms with van der Waals surface area (Å²) in [6.07, 6.45) is 0. The standard InChI is InChI=1S/C22H23N5O5S/c1-14-9-10-17(27(31)32)11-18(14)23-19(28)12-33-13-20(29)24-21-15(2)25(3)26(22(21)30)16-7-5-4-6-8-16/h4-11H,12-13H2,1-3H3,(H,23,28)(H,24,29). The van der Waals surface area contributed by atoms with E-state index in [0.29, 0.717) is 22.6 Å². The van der Waals surface area contributed by atoms with E-state index in [-0.39, 0.29) is 28.4 Å². The molecule has 3 aromatic rings. The van der Waals surface area contributed by atoms with Crippen LogP contribution in [0.3, 0.4) is 0 Å². The van der Waals surface area contributed by atoms with Crippen molar-refractivity contribution in [3.63, 3.8) is 0 Å². The fourth-order valence-electron chi connectivity index (χ4n) is 3.17. The lowest BCUT2D eigenvalue weighted by atomic mass is 10.2. The molecule has 3 rings (SSSR count). The first-order chi connectivity index (χ1) is 15.7. The first kappa shape index (κ1) is 23.8. The third kappa shape index (κ3) is 5.50. The molecule has 11 heteroatoms. The van der Waals surface area contributed by atoms with E-state index in [4.69, 9.17) is 0 Å². The van der Waals surface area contributed by atoms with Crippen molar-refractivity contribution < 1.29 is 14.5 Å². The SMILES string of the molecule is Cc1ccc([N+](=O)[O-])cc1NC(=O)CSCC(=O)Nc1c(C)n(C)n(-c2ccccc2)c1=O. The molecule has 0 atom stereocenters. The summed E-state index contributed by atoms with van der Waals surface area (Å²) in [5.41, 5.74) is 2.02. The lowest BCUT2D eigenvalue weighted by Gasteiger charge is -2.08. The van der Waals surface area contributed by atoms with Gasteiger partial charge in [0.2, 0.25) is 11.8 Å². The van der Waals surface area contributed by atoms with Gasteiger partial charge in [-0.05, 0) is 31.5 Å². The summed E-state index contributed by atoms with van der Waals surface area (Å²) in [6, 6.07) is 13.3. The summed E-state index contributed by atoms with van der Waals surface area (Å²) in [5, 5.41) is 16.2. The van der Waals surface area contributed by atoms with E-state index < -0.39 is 16.7 Å². The number of nitrogens with zero attached hydrogens (tertiary/aromatic N) is 3. The molecule has 1 heterocycles. The van der Waals surface area contributed by atoms with Gasteiger partial charge >= 0.3 is 0 Å². The average molecular weight is 470 g/mol. The fourth-order valence-corrected chi connectivity index (χ4v) is 3.79. The Hall–Kier alpha value is -3.86. The number of non-ortho nitro benzene ring substituents is 1. The second kappa shape index (κ2) is 10.2. The van der Waals surface area contributed by atoms with E-state index in [9.17, 15) is 24.5 Å². The zero-order valence-electron chi connectivity index (χ0n) is 18.3. The number of rotatable bonds is 8. The number of aromatic nitrogens is 2. The van der Waals surface area contributed by atoms with Crippen molar-refractivity contribution >= 4 is 40.6 Å². The maximum absolute atomic E-state index is 12.8. The molecule has 1 aromatic heterocycles. The minimum atomic E-state index is -0.536. The van der Waals surface area contributed by atoms with Crippen LogP contribution < -0.4 is 16.2 Å². The minimum absolute atomic E-state index is 0.0302. The van der Waals surface area contributed by atoms with Gasteiger partial charge in [0.15, 0.2) is 0 Å². The Kier molecular flexibility index (Phi) is 7.34. The maximum Gasteiger partial charge on any atom is 0.295 e. The Labute approximate surface area is 193 Å². The summed E-state index contributed by atoms with van der Waals surface area (Å²) in [7, 11) is 1.73. The molecule has 0 saturated heterocycles. The second-order valence-electron chi connectivity index (χ2n) is 7.28. The predicted molar refractivity (Wildman–Crippen MR) is 128 cm³/mol. The number of amides is 2. The summed E-state index contributed by atoms with van der Waals surface area (Å²) >= 11 is 1.07. The number of carbonyl (C=O) groups is 2. The van der Waals surface area contributed by atoms with E-state index in [1.807, 2.05) is 18.2 Å². The van der Waals surface area contributed by atoms with Crippen LogP contribution >= 0.6 is 11.8 Å². The number of nitro benzene ring substituents is 1. The molecule has 2 amide bonds. The Balaban J connectivity index is 1.58. The monoisotopic (exact) mass is 469 g/mol. The van der Waals surface area contributed by atoms with Crippen LogP contribution in [0.1, 0.15) is 11.3 Å². The number of aryl methyl sites for hydroxylation is 1. The van der Waals surface area contributed by atoms with Crippen molar-refractivity contribution in [1.82, 2.24) is 9.36 Å². The van der Waals surface area contributed by atoms with Gasteiger partial charge in [-0.1, -0.05) is 24.3 Å². The van der Waals surface area contributed by atoms with Crippen LogP contribution in [-0.4, -0.2) is 37.6 Å². The molecule has 10 nitrogen and oxygen atoms in total. The van der Waals surface area contributed by atoms with Crippen LogP contribution in [0.15, 0.2) is 53.3 Å². The number of thioether (sulfide) groups is 1. The molecule has 0 aliphatic heterocycles. The van der Waals surface area contributed by atoms with E-state index in [2.05, 4.69) is 10.6 Å². The zero-order chi connectivity index (χ0) is 24.1. The first-order valence-corrected chi connectivity index (χ1v) is 11.1. The Morgan fingerprint density at radius 3 is 2.30 bits per heavy atom. The van der Waals surface area contributed by atoms with Crippen molar-refractivity contribution in [2.24, 2.45) is 7.05 Å². The van der Waals surface area contributed by atoms with Crippen LogP contribution in [0.4, 0.5) is 17.1 Å². The highest BCUT2D eigenvalue weighted by molar-refractivity contribution is 8.00. The highest BCUT2D eigenvalue weighted by Crippen LogP contribution is 2.22. The van der Waals surface area contributed by atoms with E-state index >= 15 is 0 Å². The molecule has 0 unspecified atom stereocenters. The van der Waals surface area contributed by atoms with Crippen LogP contribution in [0.25, 0.3) is 5.69 Å². The molecule has 0 aliphatic rings. The fraction of sp³-hybridized carbons (Fsp3) is 0.227. The van der Waals surface area contributed by atoms with Crippen molar-refractivity contribution in [2.45, 2.75) is 13.8 Å². The van der Waals surface area contributed by atoms with E-state index in [1.165, 1.54) is 16.8 Å². The summed E-state index contributed by atoms with van der Waals surface area (Å²) in [4.78, 5) is 47.8. The molecular formula is C22H23N5O5S. The van der Waals surface area contributed by atoms with Gasteiger partial charge < -0.3 is 10.6 Å². The largest absolute Gasteiger partial charge is 0.325 e. The number of hydrogen-bond donors (Lipinski definition) is 2. The Morgan fingerprint density at radius 2 is 1.67 bits per heavy atom. The van der Waals surface area contributed by atoms with Crippen molar-refractivity contribution in [2.75, 3.05) is 22.1 Å². The van der Waals surface area contributed by atoms with Gasteiger partial charge in [-0.15, -0.1) is 11.8 Å². The van der Waals surface area contributed by atoms with Crippen molar-refractivity contribution in [3.05, 3.63) is 80.3 Å². The van der Waals surface area contributed by atoms with Gasteiger partial charge in [0.05, 0.1) is 33.5 Å². The van der Waals surface area contributed by atoms with E-state index in [0.717, 1.165) is 11.8 Å².